The zero-order valence-corrected chi connectivity index (χ0v) is 15.1. The Labute approximate surface area is 148 Å². The second kappa shape index (κ2) is 10.2. The van der Waals surface area contributed by atoms with Crippen LogP contribution in [0.25, 0.3) is 5.41 Å². The van der Waals surface area contributed by atoms with Crippen molar-refractivity contribution in [3.8, 4) is 18.2 Å². The number of quaternary nitrogens is 1. The van der Waals surface area contributed by atoms with Gasteiger partial charge in [0.2, 0.25) is 0 Å². The van der Waals surface area contributed by atoms with Gasteiger partial charge in [0.05, 0.1) is 33.8 Å². The minimum Gasteiger partial charge on any atom is -0.762 e. The van der Waals surface area contributed by atoms with Gasteiger partial charge in [-0.05, 0) is 42.6 Å². The van der Waals surface area contributed by atoms with Crippen LogP contribution in [0, 0.1) is 34.0 Å². The molecule has 0 saturated heterocycles. The molecule has 0 aromatic rings. The Hall–Kier alpha value is -2.61. The summed E-state index contributed by atoms with van der Waals surface area (Å²) in [6, 6.07) is 5.33. The summed E-state index contributed by atoms with van der Waals surface area (Å²) in [5, 5.41) is 35.3. The van der Waals surface area contributed by atoms with E-state index in [1.54, 1.807) is 24.1 Å². The lowest BCUT2D eigenvalue weighted by Gasteiger charge is -2.16. The van der Waals surface area contributed by atoms with Crippen molar-refractivity contribution in [2.24, 2.45) is 0 Å². The highest BCUT2D eigenvalue weighted by Gasteiger charge is 2.15. The van der Waals surface area contributed by atoms with Crippen molar-refractivity contribution in [3.05, 3.63) is 44.9 Å². The van der Waals surface area contributed by atoms with Crippen molar-refractivity contribution < 1.29 is 4.48 Å². The molecule has 1 rings (SSSR count). The van der Waals surface area contributed by atoms with Gasteiger partial charge in [0.1, 0.15) is 23.8 Å². The number of rotatable bonds is 2. The van der Waals surface area contributed by atoms with Gasteiger partial charge in [-0.15, -0.1) is 0 Å². The Morgan fingerprint density at radius 1 is 1.08 bits per heavy atom. The van der Waals surface area contributed by atoms with Gasteiger partial charge in [-0.25, -0.2) is 0 Å². The summed E-state index contributed by atoms with van der Waals surface area (Å²) in [5.74, 6) is 1.78. The van der Waals surface area contributed by atoms with E-state index in [0.717, 1.165) is 10.9 Å². The second-order valence-electron chi connectivity index (χ2n) is 6.46. The third kappa shape index (κ3) is 8.74. The molecule has 5 nitrogen and oxygen atoms in total. The van der Waals surface area contributed by atoms with Gasteiger partial charge in [-0.2, -0.15) is 15.8 Å². The Morgan fingerprint density at radius 2 is 1.62 bits per heavy atom. The van der Waals surface area contributed by atoms with Crippen molar-refractivity contribution in [3.63, 3.8) is 0 Å². The molecular weight excluding hydrogens is 322 g/mol. The van der Waals surface area contributed by atoms with Crippen molar-refractivity contribution >= 4 is 17.5 Å². The largest absolute Gasteiger partial charge is 0.762 e. The maximum absolute atomic E-state index is 8.72. The summed E-state index contributed by atoms with van der Waals surface area (Å²) in [6.45, 7) is 0. The van der Waals surface area contributed by atoms with Gasteiger partial charge in [-0.1, -0.05) is 11.6 Å². The molecule has 0 N–H and O–H groups in total. The van der Waals surface area contributed by atoms with Crippen LogP contribution in [0.1, 0.15) is 19.3 Å². The third-order valence-electron chi connectivity index (χ3n) is 2.58. The first kappa shape index (κ1) is 21.4. The fraction of sp³-hybridized carbons (Fsp3) is 0.389. The Balaban J connectivity index is 0.000000922. The van der Waals surface area contributed by atoms with E-state index in [1.807, 2.05) is 0 Å². The molecule has 24 heavy (non-hydrogen) atoms. The highest BCUT2D eigenvalue weighted by atomic mass is 35.5. The average Bonchev–Trinajstić information content (AvgIpc) is 2.51. The van der Waals surface area contributed by atoms with Crippen LogP contribution in [0.4, 0.5) is 0 Å². The molecule has 6 heteroatoms. The smallest absolute Gasteiger partial charge is 0.129 e. The second-order valence-corrected chi connectivity index (χ2v) is 6.84. The first-order chi connectivity index (χ1) is 11.2. The van der Waals surface area contributed by atoms with Crippen LogP contribution in [-0.4, -0.2) is 38.5 Å². The number of halogens is 1. The summed E-state index contributed by atoms with van der Waals surface area (Å²) in [5.41, 5.74) is 1.35. The van der Waals surface area contributed by atoms with Crippen LogP contribution in [0.3, 0.4) is 0 Å². The Kier molecular flexibility index (Phi) is 9.11. The van der Waals surface area contributed by atoms with Gasteiger partial charge in [-0.3, -0.25) is 5.87 Å². The van der Waals surface area contributed by atoms with Gasteiger partial charge in [0, 0.05) is 5.03 Å². The molecule has 0 amide bonds. The van der Waals surface area contributed by atoms with Crippen LogP contribution in [0.15, 0.2) is 39.5 Å². The molecule has 0 aromatic heterocycles. The number of allylic oxidation sites excluding steroid dienone is 7. The molecule has 0 saturated carbocycles. The molecule has 0 aliphatic heterocycles. The zero-order chi connectivity index (χ0) is 18.8. The van der Waals surface area contributed by atoms with Crippen LogP contribution < -0.4 is 0 Å². The minimum absolute atomic E-state index is 0.0147. The van der Waals surface area contributed by atoms with Crippen molar-refractivity contribution in [1.82, 2.24) is 0 Å². The molecular formula is C18H20ClN5. The zero-order valence-electron chi connectivity index (χ0n) is 14.4. The monoisotopic (exact) mass is 341 g/mol. The van der Waals surface area contributed by atoms with Gasteiger partial charge >= 0.3 is 0 Å². The molecule has 0 atom stereocenters. The quantitative estimate of drug-likeness (QED) is 0.436. The predicted molar refractivity (Wildman–Crippen MR) is 95.6 cm³/mol. The Morgan fingerprint density at radius 3 is 2.04 bits per heavy atom. The SMILES string of the molecule is C[N+](C)(C)C.N#CC(=C=[N-])C=C1CCCC(C=C(C#N)C#N)=C1Cl. The molecule has 0 spiro atoms. The van der Waals surface area contributed by atoms with Crippen molar-refractivity contribution in [1.29, 1.82) is 15.8 Å². The summed E-state index contributed by atoms with van der Waals surface area (Å²) >= 11 is 6.18. The highest BCUT2D eigenvalue weighted by Crippen LogP contribution is 2.34. The summed E-state index contributed by atoms with van der Waals surface area (Å²) in [6.07, 6.45) is 5.03. The lowest BCUT2D eigenvalue weighted by molar-refractivity contribution is -0.849. The molecule has 0 bridgehead atoms. The van der Waals surface area contributed by atoms with Gasteiger partial charge in [0.15, 0.2) is 0 Å². The first-order valence-electron chi connectivity index (χ1n) is 7.23. The average molecular weight is 342 g/mol. The van der Waals surface area contributed by atoms with Crippen molar-refractivity contribution in [2.45, 2.75) is 19.3 Å². The molecule has 1 aliphatic rings. The van der Waals surface area contributed by atoms with E-state index in [0.29, 0.717) is 29.0 Å². The van der Waals surface area contributed by atoms with Gasteiger partial charge < -0.3 is 9.89 Å². The number of hydrogen-bond donors (Lipinski definition) is 0. The van der Waals surface area contributed by atoms with E-state index in [4.69, 9.17) is 32.8 Å². The third-order valence-corrected chi connectivity index (χ3v) is 3.06. The predicted octanol–water partition coefficient (Wildman–Crippen LogP) is 3.57. The fourth-order valence-electron chi connectivity index (χ4n) is 1.69. The van der Waals surface area contributed by atoms with E-state index < -0.39 is 0 Å². The van der Waals surface area contributed by atoms with Crippen LogP contribution in [0.2, 0.25) is 0 Å². The molecule has 1 aliphatic carbocycles. The first-order valence-corrected chi connectivity index (χ1v) is 7.61. The Bertz CT molecular complexity index is 714. The molecule has 0 fully saturated rings. The number of hydrogen-bond acceptors (Lipinski definition) is 3. The normalized spacial score (nSPS) is 15.0. The van der Waals surface area contributed by atoms with E-state index >= 15 is 0 Å². The van der Waals surface area contributed by atoms with Crippen LogP contribution in [0.5, 0.6) is 0 Å². The van der Waals surface area contributed by atoms with Gasteiger partial charge in [0.25, 0.3) is 0 Å². The van der Waals surface area contributed by atoms with E-state index in [1.165, 1.54) is 12.2 Å². The highest BCUT2D eigenvalue weighted by molar-refractivity contribution is 6.32. The maximum atomic E-state index is 8.72. The van der Waals surface area contributed by atoms with E-state index in [-0.39, 0.29) is 11.1 Å². The topological polar surface area (TPSA) is 93.7 Å². The molecule has 0 unspecified atom stereocenters. The van der Waals surface area contributed by atoms with Crippen molar-refractivity contribution in [2.75, 3.05) is 28.2 Å². The fourth-order valence-corrected chi connectivity index (χ4v) is 1.99. The number of nitrogens with zero attached hydrogens (tertiary/aromatic N) is 5. The maximum Gasteiger partial charge on any atom is 0.129 e. The van der Waals surface area contributed by atoms with Crippen LogP contribution in [-0.2, 0) is 0 Å². The number of nitriles is 3. The van der Waals surface area contributed by atoms with E-state index in [9.17, 15) is 0 Å². The summed E-state index contributed by atoms with van der Waals surface area (Å²) < 4.78 is 1.00. The van der Waals surface area contributed by atoms with Crippen LogP contribution >= 0.6 is 11.6 Å². The summed E-state index contributed by atoms with van der Waals surface area (Å²) in [4.78, 5) is 0. The molecule has 0 heterocycles. The summed E-state index contributed by atoms with van der Waals surface area (Å²) in [7, 11) is 8.50. The standard InChI is InChI=1S/C14H8ClN4.C4H12N/c15-14-12(4-10(6-16)7-17)2-1-3-13(14)5-11(8-18)9-19;1-5(2,3)4/h4-5H,1-3H2;1-4H3/q-1;+1. The molecule has 0 aromatic carbocycles. The minimum atomic E-state index is -0.0147. The lowest BCUT2D eigenvalue weighted by atomic mass is 9.92. The molecule has 124 valence electrons. The molecule has 0 radical (unpaired) electrons. The lowest BCUT2D eigenvalue weighted by Crippen LogP contribution is -2.27. The van der Waals surface area contributed by atoms with E-state index in [2.05, 4.69) is 28.2 Å².